The first kappa shape index (κ1) is 27.9. The van der Waals surface area contributed by atoms with E-state index in [9.17, 15) is 5.11 Å². The number of rotatable bonds is 20. The second-order valence-corrected chi connectivity index (χ2v) is 10.3. The molecule has 0 unspecified atom stereocenters. The maximum Gasteiger partial charge on any atom is 0.500 e. The van der Waals surface area contributed by atoms with Crippen molar-refractivity contribution < 1.29 is 27.9 Å². The van der Waals surface area contributed by atoms with Crippen LogP contribution in [0.2, 0.25) is 6.04 Å². The van der Waals surface area contributed by atoms with Gasteiger partial charge in [-0.25, -0.2) is 0 Å². The summed E-state index contributed by atoms with van der Waals surface area (Å²) in [6.07, 6.45) is 8.64. The third-order valence-corrected chi connectivity index (χ3v) is 8.24. The van der Waals surface area contributed by atoms with E-state index in [1.165, 1.54) is 25.7 Å². The van der Waals surface area contributed by atoms with Gasteiger partial charge < -0.3 is 27.9 Å². The molecule has 1 aromatic rings. The lowest BCUT2D eigenvalue weighted by molar-refractivity contribution is 0.0708. The maximum absolute atomic E-state index is 10.3. The van der Waals surface area contributed by atoms with Crippen molar-refractivity contribution in [3.8, 4) is 11.5 Å². The average molecular weight is 457 g/mol. The topological polar surface area (TPSA) is 66.4 Å². The number of phenols is 1. The standard InChI is InChI=1S/C24H44O6Si/c1-5-28-31(29-6-2,30-7-3)20-14-15-22-21-23(16-17-24(22)25)27-19-13-11-9-8-10-12-18-26-4/h16-17,21,25H,5-15,18-20H2,1-4H3. The van der Waals surface area contributed by atoms with Crippen molar-refractivity contribution in [2.45, 2.75) is 78.2 Å². The molecule has 0 saturated carbocycles. The highest BCUT2D eigenvalue weighted by atomic mass is 28.4. The third kappa shape index (κ3) is 11.9. The van der Waals surface area contributed by atoms with Crippen LogP contribution in [0.5, 0.6) is 11.5 Å². The molecule has 0 saturated heterocycles. The van der Waals surface area contributed by atoms with Crippen molar-refractivity contribution in [3.05, 3.63) is 23.8 Å². The predicted molar refractivity (Wildman–Crippen MR) is 127 cm³/mol. The molecule has 0 radical (unpaired) electrons. The summed E-state index contributed by atoms with van der Waals surface area (Å²) in [4.78, 5) is 0. The summed E-state index contributed by atoms with van der Waals surface area (Å²) >= 11 is 0. The van der Waals surface area contributed by atoms with E-state index >= 15 is 0 Å². The van der Waals surface area contributed by atoms with Crippen molar-refractivity contribution in [3.63, 3.8) is 0 Å². The number of benzene rings is 1. The Balaban J connectivity index is 2.42. The monoisotopic (exact) mass is 456 g/mol. The zero-order valence-corrected chi connectivity index (χ0v) is 21.1. The number of methoxy groups -OCH3 is 1. The van der Waals surface area contributed by atoms with E-state index < -0.39 is 8.80 Å². The molecule has 0 aliphatic heterocycles. The van der Waals surface area contributed by atoms with Crippen LogP contribution in [0.1, 0.15) is 71.3 Å². The highest BCUT2D eigenvalue weighted by molar-refractivity contribution is 6.60. The lowest BCUT2D eigenvalue weighted by Gasteiger charge is -2.28. The predicted octanol–water partition coefficient (Wildman–Crippen LogP) is 5.74. The van der Waals surface area contributed by atoms with Crippen molar-refractivity contribution >= 4 is 8.80 Å². The minimum Gasteiger partial charge on any atom is -0.508 e. The molecular weight excluding hydrogens is 412 g/mol. The van der Waals surface area contributed by atoms with E-state index in [2.05, 4.69) is 0 Å². The number of aryl methyl sites for hydroxylation is 1. The van der Waals surface area contributed by atoms with Gasteiger partial charge in [0.2, 0.25) is 0 Å². The number of unbranched alkanes of at least 4 members (excludes halogenated alkanes) is 5. The fourth-order valence-electron chi connectivity index (χ4n) is 3.59. The first-order valence-corrected chi connectivity index (χ1v) is 13.9. The zero-order chi connectivity index (χ0) is 22.8. The van der Waals surface area contributed by atoms with Crippen LogP contribution in [0.3, 0.4) is 0 Å². The normalized spacial score (nSPS) is 11.7. The summed E-state index contributed by atoms with van der Waals surface area (Å²) < 4.78 is 28.7. The Labute approximate surface area is 190 Å². The molecule has 7 heteroatoms. The lowest BCUT2D eigenvalue weighted by atomic mass is 10.1. The number of hydrogen-bond acceptors (Lipinski definition) is 6. The summed E-state index contributed by atoms with van der Waals surface area (Å²) in [5.41, 5.74) is 0.892. The van der Waals surface area contributed by atoms with Gasteiger partial charge in [-0.2, -0.15) is 0 Å². The largest absolute Gasteiger partial charge is 0.508 e. The van der Waals surface area contributed by atoms with Crippen LogP contribution in [0.25, 0.3) is 0 Å². The Morgan fingerprint density at radius 3 is 1.94 bits per heavy atom. The van der Waals surface area contributed by atoms with Crippen LogP contribution in [0.4, 0.5) is 0 Å². The Bertz CT molecular complexity index is 552. The van der Waals surface area contributed by atoms with Crippen LogP contribution in [0, 0.1) is 0 Å². The zero-order valence-electron chi connectivity index (χ0n) is 20.1. The highest BCUT2D eigenvalue weighted by Gasteiger charge is 2.39. The quantitative estimate of drug-likeness (QED) is 0.199. The first-order valence-electron chi connectivity index (χ1n) is 12.0. The van der Waals surface area contributed by atoms with Crippen LogP contribution in [-0.2, 0) is 24.4 Å². The summed E-state index contributed by atoms with van der Waals surface area (Å²) in [7, 11) is -0.891. The second kappa shape index (κ2) is 17.4. The molecule has 0 heterocycles. The van der Waals surface area contributed by atoms with E-state index in [0.29, 0.717) is 32.2 Å². The van der Waals surface area contributed by atoms with Crippen molar-refractivity contribution in [1.82, 2.24) is 0 Å². The van der Waals surface area contributed by atoms with Crippen molar-refractivity contribution in [2.24, 2.45) is 0 Å². The van der Waals surface area contributed by atoms with E-state index in [0.717, 1.165) is 49.6 Å². The van der Waals surface area contributed by atoms with Gasteiger partial charge in [0.25, 0.3) is 0 Å². The molecule has 1 N–H and O–H groups in total. The minimum atomic E-state index is -2.65. The van der Waals surface area contributed by atoms with Crippen molar-refractivity contribution in [1.29, 1.82) is 0 Å². The smallest absolute Gasteiger partial charge is 0.500 e. The third-order valence-electron chi connectivity index (χ3n) is 5.08. The Morgan fingerprint density at radius 2 is 1.35 bits per heavy atom. The number of hydrogen-bond donors (Lipinski definition) is 1. The Hall–Kier alpha value is -1.12. The van der Waals surface area contributed by atoms with Crippen LogP contribution in [-0.4, -0.2) is 54.1 Å². The SMILES string of the molecule is CCO[Si](CCCc1cc(OCCCCCCCCOC)ccc1O)(OCC)OCC. The molecule has 1 rings (SSSR count). The van der Waals surface area contributed by atoms with Gasteiger partial charge in [0.05, 0.1) is 6.61 Å². The molecule has 0 aliphatic carbocycles. The van der Waals surface area contributed by atoms with Gasteiger partial charge in [-0.05, 0) is 70.2 Å². The maximum atomic E-state index is 10.3. The first-order chi connectivity index (χ1) is 15.1. The molecular formula is C24H44O6Si. The van der Waals surface area contributed by atoms with Gasteiger partial charge >= 0.3 is 8.80 Å². The summed E-state index contributed by atoms with van der Waals surface area (Å²) in [5.74, 6) is 1.12. The second-order valence-electron chi connectivity index (χ2n) is 7.59. The average Bonchev–Trinajstić information content (AvgIpc) is 2.75. The molecule has 0 spiro atoms. The molecule has 0 aliphatic rings. The van der Waals surface area contributed by atoms with Gasteiger partial charge in [-0.1, -0.05) is 25.7 Å². The number of phenolic OH excluding ortho intramolecular Hbond substituents is 1. The molecule has 0 atom stereocenters. The summed E-state index contributed by atoms with van der Waals surface area (Å²) in [6, 6.07) is 6.24. The molecule has 0 fully saturated rings. The van der Waals surface area contributed by atoms with Crippen molar-refractivity contribution in [2.75, 3.05) is 40.1 Å². The molecule has 0 aromatic heterocycles. The molecule has 31 heavy (non-hydrogen) atoms. The fourth-order valence-corrected chi connectivity index (χ4v) is 6.21. The minimum absolute atomic E-state index is 0.305. The molecule has 180 valence electrons. The van der Waals surface area contributed by atoms with Gasteiger partial charge in [-0.3, -0.25) is 0 Å². The highest BCUT2D eigenvalue weighted by Crippen LogP contribution is 2.27. The summed E-state index contributed by atoms with van der Waals surface area (Å²) in [5, 5.41) is 10.3. The van der Waals surface area contributed by atoms with Gasteiger partial charge in [0, 0.05) is 39.6 Å². The Morgan fingerprint density at radius 1 is 0.774 bits per heavy atom. The number of aromatic hydroxyl groups is 1. The Kier molecular flexibility index (Phi) is 15.7. The van der Waals surface area contributed by atoms with Gasteiger partial charge in [-0.15, -0.1) is 0 Å². The van der Waals surface area contributed by atoms with Crippen LogP contribution in [0.15, 0.2) is 18.2 Å². The lowest BCUT2D eigenvalue weighted by Crippen LogP contribution is -2.46. The van der Waals surface area contributed by atoms with Crippen LogP contribution < -0.4 is 4.74 Å². The fraction of sp³-hybridized carbons (Fsp3) is 0.750. The van der Waals surface area contributed by atoms with Gasteiger partial charge in [0.15, 0.2) is 0 Å². The number of ether oxygens (including phenoxy) is 2. The molecule has 1 aromatic carbocycles. The van der Waals surface area contributed by atoms with E-state index in [4.69, 9.17) is 22.8 Å². The molecule has 0 bridgehead atoms. The molecule has 0 amide bonds. The van der Waals surface area contributed by atoms with Gasteiger partial charge in [0.1, 0.15) is 11.5 Å². The molecule has 6 nitrogen and oxygen atoms in total. The van der Waals surface area contributed by atoms with E-state index in [1.807, 2.05) is 32.9 Å². The van der Waals surface area contributed by atoms with Crippen LogP contribution >= 0.6 is 0 Å². The summed E-state index contributed by atoms with van der Waals surface area (Å²) in [6.45, 7) is 9.20. The van der Waals surface area contributed by atoms with E-state index in [1.54, 1.807) is 13.2 Å². The van der Waals surface area contributed by atoms with E-state index in [-0.39, 0.29) is 0 Å².